The van der Waals surface area contributed by atoms with Gasteiger partial charge < -0.3 is 0 Å². The van der Waals surface area contributed by atoms with E-state index < -0.39 is 0 Å². The van der Waals surface area contributed by atoms with Crippen molar-refractivity contribution < 1.29 is 0 Å². The molecule has 2 nitrogen and oxygen atoms in total. The van der Waals surface area contributed by atoms with Crippen LogP contribution in [0.25, 0.3) is 0 Å². The van der Waals surface area contributed by atoms with Crippen molar-refractivity contribution in [1.29, 1.82) is 0 Å². The molecule has 2 rings (SSSR count). The van der Waals surface area contributed by atoms with Crippen LogP contribution in [0.1, 0.15) is 13.3 Å². The van der Waals surface area contributed by atoms with Crippen molar-refractivity contribution in [3.05, 3.63) is 22.2 Å². The molecule has 2 aliphatic rings. The number of hydrogen-bond donors (Lipinski definition) is 0. The van der Waals surface area contributed by atoms with E-state index in [1.807, 2.05) is 6.08 Å². The van der Waals surface area contributed by atoms with Crippen molar-refractivity contribution in [1.82, 2.24) is 0 Å². The molecule has 0 aromatic heterocycles. The summed E-state index contributed by atoms with van der Waals surface area (Å²) in [5.74, 6) is 0. The molecule has 68 valence electrons. The van der Waals surface area contributed by atoms with Crippen LogP contribution in [-0.4, -0.2) is 11.4 Å². The zero-order valence-electron chi connectivity index (χ0n) is 7.09. The first-order valence-corrected chi connectivity index (χ1v) is 5.15. The summed E-state index contributed by atoms with van der Waals surface area (Å²) >= 11 is 9.46. The molecule has 1 atom stereocenters. The Bertz CT molecular complexity index is 368. The van der Waals surface area contributed by atoms with Crippen LogP contribution < -0.4 is 0 Å². The lowest BCUT2D eigenvalue weighted by Crippen LogP contribution is -2.30. The van der Waals surface area contributed by atoms with Gasteiger partial charge in [-0.3, -0.25) is 0 Å². The van der Waals surface area contributed by atoms with Gasteiger partial charge in [-0.25, -0.2) is 0 Å². The average molecular weight is 260 g/mol. The summed E-state index contributed by atoms with van der Waals surface area (Å²) in [4.78, 5) is 0. The minimum atomic E-state index is -0.166. The van der Waals surface area contributed by atoms with E-state index in [1.165, 1.54) is 0 Å². The molecule has 0 fully saturated rings. The van der Waals surface area contributed by atoms with Crippen LogP contribution in [0.4, 0.5) is 0 Å². The van der Waals surface area contributed by atoms with Gasteiger partial charge >= 0.3 is 0 Å². The first kappa shape index (κ1) is 9.16. The van der Waals surface area contributed by atoms with Crippen molar-refractivity contribution in [3.63, 3.8) is 0 Å². The molecular weight excluding hydrogens is 251 g/mol. The van der Waals surface area contributed by atoms with E-state index >= 15 is 0 Å². The minimum Gasteiger partial charge on any atom is -0.158 e. The zero-order valence-corrected chi connectivity index (χ0v) is 9.43. The Morgan fingerprint density at radius 2 is 2.38 bits per heavy atom. The molecule has 0 saturated heterocycles. The summed E-state index contributed by atoms with van der Waals surface area (Å²) in [7, 11) is 0. The van der Waals surface area contributed by atoms with Gasteiger partial charge in [0.2, 0.25) is 0 Å². The lowest BCUT2D eigenvalue weighted by atomic mass is 9.77. The van der Waals surface area contributed by atoms with Gasteiger partial charge in [0.1, 0.15) is 5.17 Å². The first-order chi connectivity index (χ1) is 6.13. The van der Waals surface area contributed by atoms with E-state index in [-0.39, 0.29) is 5.41 Å². The maximum Gasteiger partial charge on any atom is 0.139 e. The van der Waals surface area contributed by atoms with Gasteiger partial charge in [0, 0.05) is 4.48 Å². The van der Waals surface area contributed by atoms with Crippen molar-refractivity contribution in [2.24, 2.45) is 15.6 Å². The molecule has 0 N–H and O–H groups in total. The number of allylic oxidation sites excluding steroid dienone is 4. The standard InChI is InChI=1S/C9H8BrClN2/c1-9-3-2-7(10)4-6(9)5-12-13-8(9)11/h2,4-5H,3H2,1H3. The van der Waals surface area contributed by atoms with Crippen molar-refractivity contribution >= 4 is 38.9 Å². The Morgan fingerprint density at radius 3 is 3.15 bits per heavy atom. The Morgan fingerprint density at radius 1 is 1.62 bits per heavy atom. The van der Waals surface area contributed by atoms with Crippen LogP contribution in [0.5, 0.6) is 0 Å². The van der Waals surface area contributed by atoms with E-state index in [2.05, 4.69) is 39.1 Å². The molecule has 0 radical (unpaired) electrons. The molecule has 1 heterocycles. The highest BCUT2D eigenvalue weighted by Crippen LogP contribution is 2.40. The highest BCUT2D eigenvalue weighted by atomic mass is 79.9. The molecule has 13 heavy (non-hydrogen) atoms. The summed E-state index contributed by atoms with van der Waals surface area (Å²) in [6, 6.07) is 0. The van der Waals surface area contributed by atoms with E-state index in [4.69, 9.17) is 11.6 Å². The Kier molecular flexibility index (Phi) is 2.16. The molecular formula is C9H8BrClN2. The molecule has 1 aliphatic carbocycles. The number of fused-ring (bicyclic) bond motifs is 1. The largest absolute Gasteiger partial charge is 0.158 e. The molecule has 0 aromatic rings. The number of nitrogens with zero attached hydrogens (tertiary/aromatic N) is 2. The molecule has 1 unspecified atom stereocenters. The van der Waals surface area contributed by atoms with Crippen molar-refractivity contribution in [2.75, 3.05) is 0 Å². The molecule has 1 aliphatic heterocycles. The number of rotatable bonds is 0. The maximum atomic E-state index is 6.03. The Balaban J connectivity index is 2.49. The Hall–Kier alpha value is -0.410. The van der Waals surface area contributed by atoms with Crippen LogP contribution in [0, 0.1) is 5.41 Å². The van der Waals surface area contributed by atoms with Gasteiger partial charge in [-0.1, -0.05) is 33.6 Å². The number of halogens is 2. The smallest absolute Gasteiger partial charge is 0.139 e. The fourth-order valence-electron chi connectivity index (χ4n) is 1.42. The van der Waals surface area contributed by atoms with Gasteiger partial charge in [-0.15, -0.1) is 5.10 Å². The van der Waals surface area contributed by atoms with E-state index in [9.17, 15) is 0 Å². The normalized spacial score (nSPS) is 31.8. The fourth-order valence-corrected chi connectivity index (χ4v) is 2.06. The summed E-state index contributed by atoms with van der Waals surface area (Å²) in [5, 5.41) is 8.28. The van der Waals surface area contributed by atoms with E-state index in [0.717, 1.165) is 16.5 Å². The average Bonchev–Trinajstić information content (AvgIpc) is 2.09. The summed E-state index contributed by atoms with van der Waals surface area (Å²) in [6.45, 7) is 2.08. The molecule has 0 amide bonds. The predicted molar refractivity (Wildman–Crippen MR) is 59.6 cm³/mol. The minimum absolute atomic E-state index is 0.166. The predicted octanol–water partition coefficient (Wildman–Crippen LogP) is 3.24. The monoisotopic (exact) mass is 258 g/mol. The van der Waals surface area contributed by atoms with Gasteiger partial charge in [0.15, 0.2) is 0 Å². The lowest BCUT2D eigenvalue weighted by Gasteiger charge is -2.31. The molecule has 0 aromatic carbocycles. The van der Waals surface area contributed by atoms with E-state index in [1.54, 1.807) is 6.21 Å². The third-order valence-electron chi connectivity index (χ3n) is 2.43. The third-order valence-corrected chi connectivity index (χ3v) is 3.48. The van der Waals surface area contributed by atoms with Gasteiger partial charge in [-0.05, 0) is 25.0 Å². The summed E-state index contributed by atoms with van der Waals surface area (Å²) in [5.41, 5.74) is 0.947. The van der Waals surface area contributed by atoms with Gasteiger partial charge in [0.05, 0.1) is 11.6 Å². The van der Waals surface area contributed by atoms with Crippen molar-refractivity contribution in [3.8, 4) is 0 Å². The van der Waals surface area contributed by atoms with Crippen LogP contribution in [-0.2, 0) is 0 Å². The molecule has 0 saturated carbocycles. The second kappa shape index (κ2) is 3.07. The molecule has 4 heteroatoms. The second-order valence-electron chi connectivity index (χ2n) is 3.36. The van der Waals surface area contributed by atoms with Gasteiger partial charge in [0.25, 0.3) is 0 Å². The molecule has 0 spiro atoms. The van der Waals surface area contributed by atoms with Crippen LogP contribution in [0.3, 0.4) is 0 Å². The third kappa shape index (κ3) is 1.40. The van der Waals surface area contributed by atoms with Crippen LogP contribution in [0.15, 0.2) is 32.4 Å². The van der Waals surface area contributed by atoms with Crippen LogP contribution in [0.2, 0.25) is 0 Å². The second-order valence-corrected chi connectivity index (χ2v) is 4.63. The van der Waals surface area contributed by atoms with Gasteiger partial charge in [-0.2, -0.15) is 5.10 Å². The quantitative estimate of drug-likeness (QED) is 0.638. The fraction of sp³-hybridized carbons (Fsp3) is 0.333. The highest BCUT2D eigenvalue weighted by Gasteiger charge is 2.36. The summed E-state index contributed by atoms with van der Waals surface area (Å²) in [6.07, 6.45) is 6.76. The number of hydrogen-bond acceptors (Lipinski definition) is 2. The molecule has 0 bridgehead atoms. The first-order valence-electron chi connectivity index (χ1n) is 3.98. The van der Waals surface area contributed by atoms with E-state index in [0.29, 0.717) is 5.17 Å². The van der Waals surface area contributed by atoms with Crippen molar-refractivity contribution in [2.45, 2.75) is 13.3 Å². The topological polar surface area (TPSA) is 24.7 Å². The lowest BCUT2D eigenvalue weighted by molar-refractivity contribution is 0.583. The van der Waals surface area contributed by atoms with Crippen LogP contribution >= 0.6 is 27.5 Å². The zero-order chi connectivity index (χ0) is 9.47. The highest BCUT2D eigenvalue weighted by molar-refractivity contribution is 9.11. The Labute approximate surface area is 90.2 Å². The summed E-state index contributed by atoms with van der Waals surface area (Å²) < 4.78 is 1.08. The maximum absolute atomic E-state index is 6.03. The SMILES string of the molecule is CC12CC=C(Br)C=C1C=NN=C2Cl.